The smallest absolute Gasteiger partial charge is 0.144 e. The second-order valence-electron chi connectivity index (χ2n) is 6.24. The van der Waals surface area contributed by atoms with Crippen LogP contribution in [0.25, 0.3) is 0 Å². The van der Waals surface area contributed by atoms with Crippen LogP contribution in [-0.4, -0.2) is 24.6 Å². The third-order valence-electron chi connectivity index (χ3n) is 4.67. The van der Waals surface area contributed by atoms with Crippen LogP contribution in [0.2, 0.25) is 0 Å². The Labute approximate surface area is 127 Å². The fourth-order valence-electron chi connectivity index (χ4n) is 3.42. The van der Waals surface area contributed by atoms with E-state index in [1.807, 2.05) is 6.07 Å². The van der Waals surface area contributed by atoms with E-state index in [0.717, 1.165) is 50.6 Å². The maximum absolute atomic E-state index is 9.33. The first-order valence-corrected chi connectivity index (χ1v) is 8.24. The Morgan fingerprint density at radius 2 is 2.24 bits per heavy atom. The molecule has 0 spiro atoms. The second kappa shape index (κ2) is 6.91. The van der Waals surface area contributed by atoms with Crippen LogP contribution in [0.15, 0.2) is 6.07 Å². The molecule has 1 aliphatic carbocycles. The first-order chi connectivity index (χ1) is 10.4. The molecule has 0 bridgehead atoms. The number of fused-ring (bicyclic) bond motifs is 1. The van der Waals surface area contributed by atoms with Gasteiger partial charge in [-0.15, -0.1) is 0 Å². The van der Waals surface area contributed by atoms with Crippen LogP contribution >= 0.6 is 0 Å². The molecule has 4 nitrogen and oxygen atoms in total. The van der Waals surface area contributed by atoms with Crippen molar-refractivity contribution in [3.8, 4) is 6.07 Å². The first kappa shape index (κ1) is 14.3. The number of aryl methyl sites for hydroxylation is 2. The molecule has 0 radical (unpaired) electrons. The first-order valence-electron chi connectivity index (χ1n) is 8.24. The minimum atomic E-state index is 0.706. The average molecular weight is 284 g/mol. The fraction of sp³-hybridized carbons (Fsp3) is 0.647. The molecule has 1 atom stereocenters. The highest BCUT2D eigenvalue weighted by Gasteiger charge is 2.16. The Kier molecular flexibility index (Phi) is 4.72. The monoisotopic (exact) mass is 284 g/mol. The maximum atomic E-state index is 9.33. The number of nitrogens with one attached hydrogen (secondary N) is 2. The van der Waals surface area contributed by atoms with E-state index in [2.05, 4.69) is 16.7 Å². The molecule has 2 heterocycles. The number of hydrogen-bond acceptors (Lipinski definition) is 4. The van der Waals surface area contributed by atoms with E-state index in [4.69, 9.17) is 4.98 Å². The van der Waals surface area contributed by atoms with Crippen molar-refractivity contribution in [2.75, 3.05) is 25.0 Å². The molecule has 112 valence electrons. The van der Waals surface area contributed by atoms with Gasteiger partial charge < -0.3 is 10.6 Å². The van der Waals surface area contributed by atoms with E-state index >= 15 is 0 Å². The number of nitrogens with zero attached hydrogens (tertiary/aromatic N) is 2. The van der Waals surface area contributed by atoms with Gasteiger partial charge in [0.1, 0.15) is 11.9 Å². The lowest BCUT2D eigenvalue weighted by Gasteiger charge is -2.23. The van der Waals surface area contributed by atoms with Gasteiger partial charge >= 0.3 is 0 Å². The molecule has 3 rings (SSSR count). The van der Waals surface area contributed by atoms with Crippen molar-refractivity contribution >= 4 is 5.82 Å². The Morgan fingerprint density at radius 1 is 1.33 bits per heavy atom. The molecule has 1 aromatic heterocycles. The normalized spacial score (nSPS) is 21.4. The number of anilines is 1. The van der Waals surface area contributed by atoms with E-state index in [-0.39, 0.29) is 0 Å². The summed E-state index contributed by atoms with van der Waals surface area (Å²) in [5.74, 6) is 1.55. The van der Waals surface area contributed by atoms with Crippen molar-refractivity contribution in [3.05, 3.63) is 22.9 Å². The number of pyridine rings is 1. The molecule has 0 aromatic carbocycles. The molecule has 1 aromatic rings. The van der Waals surface area contributed by atoms with Crippen LogP contribution in [-0.2, 0) is 12.8 Å². The molecular formula is C17H24N4. The zero-order chi connectivity index (χ0) is 14.5. The summed E-state index contributed by atoms with van der Waals surface area (Å²) in [6.07, 6.45) is 8.33. The topological polar surface area (TPSA) is 60.7 Å². The minimum Gasteiger partial charge on any atom is -0.369 e. The van der Waals surface area contributed by atoms with Crippen molar-refractivity contribution in [3.63, 3.8) is 0 Å². The largest absolute Gasteiger partial charge is 0.369 e. The van der Waals surface area contributed by atoms with Gasteiger partial charge in [0, 0.05) is 12.2 Å². The van der Waals surface area contributed by atoms with Gasteiger partial charge in [0.15, 0.2) is 0 Å². The molecule has 21 heavy (non-hydrogen) atoms. The number of piperidine rings is 1. The quantitative estimate of drug-likeness (QED) is 0.892. The van der Waals surface area contributed by atoms with Gasteiger partial charge in [0.2, 0.25) is 0 Å². The van der Waals surface area contributed by atoms with Gasteiger partial charge in [-0.2, -0.15) is 5.26 Å². The SMILES string of the molecule is N#Cc1cc2c(nc1NCCC1CCCNC1)CCCC2. The zero-order valence-corrected chi connectivity index (χ0v) is 12.6. The molecule has 1 unspecified atom stereocenters. The summed E-state index contributed by atoms with van der Waals surface area (Å²) in [5.41, 5.74) is 3.18. The van der Waals surface area contributed by atoms with Crippen molar-refractivity contribution in [2.45, 2.75) is 44.9 Å². The Bertz CT molecular complexity index is 526. The van der Waals surface area contributed by atoms with E-state index in [1.165, 1.54) is 36.9 Å². The van der Waals surface area contributed by atoms with Gasteiger partial charge in [-0.3, -0.25) is 0 Å². The molecule has 1 aliphatic heterocycles. The molecule has 2 aliphatic rings. The number of rotatable bonds is 4. The van der Waals surface area contributed by atoms with E-state index in [1.54, 1.807) is 0 Å². The predicted molar refractivity (Wildman–Crippen MR) is 84.3 cm³/mol. The third kappa shape index (κ3) is 3.54. The van der Waals surface area contributed by atoms with Crippen molar-refractivity contribution in [2.24, 2.45) is 5.92 Å². The third-order valence-corrected chi connectivity index (χ3v) is 4.67. The molecule has 0 amide bonds. The number of hydrogen-bond donors (Lipinski definition) is 2. The van der Waals surface area contributed by atoms with Gasteiger partial charge in [-0.25, -0.2) is 4.98 Å². The predicted octanol–water partition coefficient (Wildman–Crippen LogP) is 2.63. The summed E-state index contributed by atoms with van der Waals surface area (Å²) in [5, 5.41) is 16.2. The van der Waals surface area contributed by atoms with Gasteiger partial charge in [0.25, 0.3) is 0 Å². The number of nitriles is 1. The van der Waals surface area contributed by atoms with Crippen LogP contribution < -0.4 is 10.6 Å². The minimum absolute atomic E-state index is 0.706. The molecule has 4 heteroatoms. The van der Waals surface area contributed by atoms with E-state index < -0.39 is 0 Å². The molecular weight excluding hydrogens is 260 g/mol. The highest BCUT2D eigenvalue weighted by atomic mass is 15.0. The van der Waals surface area contributed by atoms with Crippen LogP contribution in [0, 0.1) is 17.2 Å². The van der Waals surface area contributed by atoms with Crippen LogP contribution in [0.5, 0.6) is 0 Å². The van der Waals surface area contributed by atoms with Gasteiger partial charge in [0.05, 0.1) is 5.56 Å². The van der Waals surface area contributed by atoms with Crippen molar-refractivity contribution < 1.29 is 0 Å². The van der Waals surface area contributed by atoms with Gasteiger partial charge in [-0.05, 0) is 75.6 Å². The molecule has 1 fully saturated rings. The summed E-state index contributed by atoms with van der Waals surface area (Å²) >= 11 is 0. The number of aromatic nitrogens is 1. The lowest BCUT2D eigenvalue weighted by Crippen LogP contribution is -2.30. The Balaban J connectivity index is 1.62. The standard InChI is InChI=1S/C17H24N4/c18-11-15-10-14-5-1-2-6-16(14)21-17(15)20-9-7-13-4-3-8-19-12-13/h10,13,19H,1-9,12H2,(H,20,21). The lowest BCUT2D eigenvalue weighted by molar-refractivity contribution is 0.364. The summed E-state index contributed by atoms with van der Waals surface area (Å²) in [4.78, 5) is 4.72. The summed E-state index contributed by atoms with van der Waals surface area (Å²) < 4.78 is 0. The fourth-order valence-corrected chi connectivity index (χ4v) is 3.42. The Hall–Kier alpha value is -1.60. The van der Waals surface area contributed by atoms with Crippen LogP contribution in [0.1, 0.15) is 48.9 Å². The van der Waals surface area contributed by atoms with Crippen molar-refractivity contribution in [1.29, 1.82) is 5.26 Å². The average Bonchev–Trinajstić information content (AvgIpc) is 2.55. The summed E-state index contributed by atoms with van der Waals surface area (Å²) in [7, 11) is 0. The van der Waals surface area contributed by atoms with E-state index in [9.17, 15) is 5.26 Å². The maximum Gasteiger partial charge on any atom is 0.144 e. The highest BCUT2D eigenvalue weighted by molar-refractivity contribution is 5.54. The van der Waals surface area contributed by atoms with Crippen LogP contribution in [0.3, 0.4) is 0 Å². The van der Waals surface area contributed by atoms with Crippen LogP contribution in [0.4, 0.5) is 5.82 Å². The highest BCUT2D eigenvalue weighted by Crippen LogP contribution is 2.24. The molecule has 2 N–H and O–H groups in total. The second-order valence-corrected chi connectivity index (χ2v) is 6.24. The lowest BCUT2D eigenvalue weighted by atomic mass is 9.94. The van der Waals surface area contributed by atoms with Gasteiger partial charge in [-0.1, -0.05) is 0 Å². The zero-order valence-electron chi connectivity index (χ0n) is 12.6. The van der Waals surface area contributed by atoms with E-state index in [0.29, 0.717) is 5.56 Å². The molecule has 1 saturated heterocycles. The molecule has 0 saturated carbocycles. The summed E-state index contributed by atoms with van der Waals surface area (Å²) in [6, 6.07) is 4.34. The Morgan fingerprint density at radius 3 is 3.05 bits per heavy atom. The summed E-state index contributed by atoms with van der Waals surface area (Å²) in [6.45, 7) is 3.20. The van der Waals surface area contributed by atoms with Crippen molar-refractivity contribution in [1.82, 2.24) is 10.3 Å².